The molecule has 0 unspecified atom stereocenters. The molecule has 162 valence electrons. The summed E-state index contributed by atoms with van der Waals surface area (Å²) in [6, 6.07) is 12.8. The van der Waals surface area contributed by atoms with Crippen molar-refractivity contribution in [1.29, 1.82) is 0 Å². The first kappa shape index (κ1) is 20.1. The maximum Gasteiger partial charge on any atom is 0.316 e. The van der Waals surface area contributed by atoms with E-state index in [0.717, 1.165) is 11.0 Å². The molecule has 4 aromatic rings. The van der Waals surface area contributed by atoms with Crippen LogP contribution in [0.1, 0.15) is 19.8 Å². The number of carbonyl (C=O) groups is 1. The van der Waals surface area contributed by atoms with Crippen molar-refractivity contribution in [2.45, 2.75) is 25.9 Å². The number of nitrogens with zero attached hydrogens (tertiary/aromatic N) is 3. The number of imidazole rings is 1. The molecule has 0 bridgehead atoms. The Morgan fingerprint density at radius 1 is 1.12 bits per heavy atom. The quantitative estimate of drug-likeness (QED) is 0.450. The number of H-pyrrole nitrogens is 1. The van der Waals surface area contributed by atoms with E-state index in [1.54, 1.807) is 31.5 Å². The zero-order chi connectivity index (χ0) is 22.1. The highest BCUT2D eigenvalue weighted by atomic mass is 19.1. The third-order valence-electron chi connectivity index (χ3n) is 5.56. The van der Waals surface area contributed by atoms with Crippen molar-refractivity contribution in [3.05, 3.63) is 60.7 Å². The summed E-state index contributed by atoms with van der Waals surface area (Å²) in [6.07, 6.45) is 4.28. The SMILES string of the molecule is CCOC(=O)C1CC(Oc2ncc(-c3ccc(-c4nc5ccccc5[nH]4)c(F)c3)cn2)C1. The van der Waals surface area contributed by atoms with E-state index in [1.165, 1.54) is 6.07 Å². The summed E-state index contributed by atoms with van der Waals surface area (Å²) in [5.41, 5.74) is 3.36. The fraction of sp³-hybridized carbons (Fsp3) is 0.250. The van der Waals surface area contributed by atoms with Crippen LogP contribution in [0.2, 0.25) is 0 Å². The second kappa shape index (κ2) is 8.37. The van der Waals surface area contributed by atoms with Gasteiger partial charge in [-0.1, -0.05) is 18.2 Å². The fourth-order valence-corrected chi connectivity index (χ4v) is 3.76. The Bertz CT molecular complexity index is 1230. The Hall–Kier alpha value is -3.81. The third kappa shape index (κ3) is 3.91. The van der Waals surface area contributed by atoms with Crippen LogP contribution in [-0.4, -0.2) is 38.6 Å². The van der Waals surface area contributed by atoms with Gasteiger partial charge in [-0.2, -0.15) is 0 Å². The van der Waals surface area contributed by atoms with Gasteiger partial charge in [0.05, 0.1) is 29.1 Å². The number of hydrogen-bond acceptors (Lipinski definition) is 6. The summed E-state index contributed by atoms with van der Waals surface area (Å²) >= 11 is 0. The predicted octanol–water partition coefficient (Wildman–Crippen LogP) is 4.55. The van der Waals surface area contributed by atoms with Crippen LogP contribution in [0, 0.1) is 11.7 Å². The van der Waals surface area contributed by atoms with Gasteiger partial charge in [-0.3, -0.25) is 4.79 Å². The standard InChI is InChI=1S/C24H21FN4O3/c1-2-31-23(30)15-9-17(10-15)32-24-26-12-16(13-27-24)14-7-8-18(19(25)11-14)22-28-20-5-3-4-6-21(20)29-22/h3-8,11-13,15,17H,2,9-10H2,1H3,(H,28,29). The van der Waals surface area contributed by atoms with E-state index in [2.05, 4.69) is 19.9 Å². The Morgan fingerprint density at radius 3 is 2.62 bits per heavy atom. The molecular weight excluding hydrogens is 411 g/mol. The van der Waals surface area contributed by atoms with Gasteiger partial charge in [-0.15, -0.1) is 0 Å². The van der Waals surface area contributed by atoms with Crippen molar-refractivity contribution >= 4 is 17.0 Å². The van der Waals surface area contributed by atoms with E-state index in [4.69, 9.17) is 9.47 Å². The molecule has 8 heteroatoms. The Morgan fingerprint density at radius 2 is 1.91 bits per heavy atom. The molecule has 0 radical (unpaired) electrons. The number of esters is 1. The van der Waals surface area contributed by atoms with Gasteiger partial charge in [0.25, 0.3) is 0 Å². The van der Waals surface area contributed by atoms with Gasteiger partial charge < -0.3 is 14.5 Å². The molecule has 0 atom stereocenters. The molecule has 7 nitrogen and oxygen atoms in total. The van der Waals surface area contributed by atoms with Gasteiger partial charge in [0.1, 0.15) is 17.7 Å². The number of para-hydroxylation sites is 2. The van der Waals surface area contributed by atoms with Crippen LogP contribution in [-0.2, 0) is 9.53 Å². The molecule has 1 saturated carbocycles. The van der Waals surface area contributed by atoms with Gasteiger partial charge in [0, 0.05) is 18.0 Å². The Balaban J connectivity index is 1.26. The van der Waals surface area contributed by atoms with Crippen molar-refractivity contribution in [2.24, 2.45) is 5.92 Å². The largest absolute Gasteiger partial charge is 0.466 e. The van der Waals surface area contributed by atoms with Crippen LogP contribution >= 0.6 is 0 Å². The van der Waals surface area contributed by atoms with Gasteiger partial charge in [-0.05, 0) is 49.6 Å². The predicted molar refractivity (Wildman–Crippen MR) is 116 cm³/mol. The summed E-state index contributed by atoms with van der Waals surface area (Å²) < 4.78 is 25.6. The van der Waals surface area contributed by atoms with Crippen molar-refractivity contribution in [1.82, 2.24) is 19.9 Å². The minimum Gasteiger partial charge on any atom is -0.466 e. The molecule has 1 fully saturated rings. The minimum atomic E-state index is -0.388. The number of halogens is 1. The van der Waals surface area contributed by atoms with Crippen LogP contribution in [0.25, 0.3) is 33.5 Å². The van der Waals surface area contributed by atoms with E-state index in [9.17, 15) is 9.18 Å². The number of carbonyl (C=O) groups excluding carboxylic acids is 1. The molecule has 0 spiro atoms. The topological polar surface area (TPSA) is 90.0 Å². The van der Waals surface area contributed by atoms with Crippen molar-refractivity contribution in [3.63, 3.8) is 0 Å². The van der Waals surface area contributed by atoms with E-state index in [-0.39, 0.29) is 29.8 Å². The number of aromatic nitrogens is 4. The maximum absolute atomic E-state index is 14.8. The van der Waals surface area contributed by atoms with E-state index >= 15 is 0 Å². The molecule has 2 heterocycles. The molecular formula is C24H21FN4O3. The molecule has 1 N–H and O–H groups in total. The highest BCUT2D eigenvalue weighted by molar-refractivity contribution is 5.80. The normalized spacial score (nSPS) is 17.7. The zero-order valence-corrected chi connectivity index (χ0v) is 17.4. The van der Waals surface area contributed by atoms with Crippen LogP contribution in [0.4, 0.5) is 4.39 Å². The minimum absolute atomic E-state index is 0.101. The molecule has 0 amide bonds. The number of ether oxygens (including phenoxy) is 2. The maximum atomic E-state index is 14.8. The highest BCUT2D eigenvalue weighted by Crippen LogP contribution is 2.32. The smallest absolute Gasteiger partial charge is 0.316 e. The molecule has 0 aliphatic heterocycles. The third-order valence-corrected chi connectivity index (χ3v) is 5.56. The summed E-state index contributed by atoms with van der Waals surface area (Å²) in [5.74, 6) is -0.206. The molecule has 2 aromatic heterocycles. The second-order valence-corrected chi connectivity index (χ2v) is 7.71. The molecule has 0 saturated heterocycles. The van der Waals surface area contributed by atoms with Gasteiger partial charge in [0.2, 0.25) is 0 Å². The number of benzene rings is 2. The second-order valence-electron chi connectivity index (χ2n) is 7.71. The summed E-state index contributed by atoms with van der Waals surface area (Å²) in [6.45, 7) is 2.17. The molecule has 1 aliphatic rings. The van der Waals surface area contributed by atoms with Crippen molar-refractivity contribution < 1.29 is 18.7 Å². The van der Waals surface area contributed by atoms with Crippen molar-refractivity contribution in [3.8, 4) is 28.5 Å². The molecule has 1 aliphatic carbocycles. The first-order valence-electron chi connectivity index (χ1n) is 10.5. The lowest BCUT2D eigenvalue weighted by atomic mass is 9.82. The lowest BCUT2D eigenvalue weighted by molar-refractivity contribution is -0.154. The number of fused-ring (bicyclic) bond motifs is 1. The summed E-state index contributed by atoms with van der Waals surface area (Å²) in [5, 5.41) is 0. The Kier molecular flexibility index (Phi) is 5.26. The first-order valence-corrected chi connectivity index (χ1v) is 10.5. The van der Waals surface area contributed by atoms with E-state index in [0.29, 0.717) is 42.0 Å². The Labute approximate surface area is 183 Å². The number of nitrogens with one attached hydrogen (secondary N) is 1. The average molecular weight is 432 g/mol. The molecule has 32 heavy (non-hydrogen) atoms. The highest BCUT2D eigenvalue weighted by Gasteiger charge is 2.37. The fourth-order valence-electron chi connectivity index (χ4n) is 3.76. The number of aromatic amines is 1. The van der Waals surface area contributed by atoms with Crippen LogP contribution in [0.15, 0.2) is 54.9 Å². The van der Waals surface area contributed by atoms with Crippen LogP contribution in [0.5, 0.6) is 6.01 Å². The number of rotatable bonds is 6. The van der Waals surface area contributed by atoms with E-state index < -0.39 is 0 Å². The van der Waals surface area contributed by atoms with Crippen LogP contribution in [0.3, 0.4) is 0 Å². The first-order chi connectivity index (χ1) is 15.6. The monoisotopic (exact) mass is 432 g/mol. The lowest BCUT2D eigenvalue weighted by Gasteiger charge is -2.32. The molecule has 2 aromatic carbocycles. The van der Waals surface area contributed by atoms with Crippen LogP contribution < -0.4 is 4.74 Å². The summed E-state index contributed by atoms with van der Waals surface area (Å²) in [4.78, 5) is 27.7. The number of hydrogen-bond donors (Lipinski definition) is 1. The lowest BCUT2D eigenvalue weighted by Crippen LogP contribution is -2.39. The summed E-state index contributed by atoms with van der Waals surface area (Å²) in [7, 11) is 0. The zero-order valence-electron chi connectivity index (χ0n) is 17.4. The van der Waals surface area contributed by atoms with Gasteiger partial charge >= 0.3 is 12.0 Å². The van der Waals surface area contributed by atoms with Crippen molar-refractivity contribution in [2.75, 3.05) is 6.61 Å². The van der Waals surface area contributed by atoms with Gasteiger partial charge in [0.15, 0.2) is 0 Å². The molecule has 5 rings (SSSR count). The van der Waals surface area contributed by atoms with Gasteiger partial charge in [-0.25, -0.2) is 19.3 Å². The average Bonchev–Trinajstić information content (AvgIpc) is 3.20. The van der Waals surface area contributed by atoms with E-state index in [1.807, 2.05) is 24.3 Å².